The summed E-state index contributed by atoms with van der Waals surface area (Å²) in [5, 5.41) is 8.96. The van der Waals surface area contributed by atoms with Crippen LogP contribution in [0.1, 0.15) is 18.4 Å². The van der Waals surface area contributed by atoms with Gasteiger partial charge in [0.05, 0.1) is 24.4 Å². The third-order valence-corrected chi connectivity index (χ3v) is 5.88. The maximum absolute atomic E-state index is 12.9. The van der Waals surface area contributed by atoms with E-state index < -0.39 is 6.04 Å². The van der Waals surface area contributed by atoms with Crippen molar-refractivity contribution >= 4 is 28.5 Å². The van der Waals surface area contributed by atoms with Crippen LogP contribution in [0.2, 0.25) is 0 Å². The van der Waals surface area contributed by atoms with Crippen molar-refractivity contribution in [3.05, 3.63) is 48.2 Å². The lowest BCUT2D eigenvalue weighted by molar-refractivity contribution is -0.130. The highest BCUT2D eigenvalue weighted by Crippen LogP contribution is 2.30. The quantitative estimate of drug-likeness (QED) is 0.506. The summed E-state index contributed by atoms with van der Waals surface area (Å²) >= 11 is 0. The SMILES string of the molecule is COc1ccc2nccc(NC(=O)C3CCC(NCc4ccc5c(c4)OCCO5)C(=O)N3)c2n1. The maximum Gasteiger partial charge on any atom is 0.247 e. The van der Waals surface area contributed by atoms with Crippen LogP contribution in [0.25, 0.3) is 11.0 Å². The van der Waals surface area contributed by atoms with E-state index >= 15 is 0 Å². The monoisotopic (exact) mass is 463 g/mol. The Labute approximate surface area is 196 Å². The molecular formula is C24H25N5O5. The Bertz CT molecular complexity index is 1230. The number of hydrogen-bond acceptors (Lipinski definition) is 8. The predicted octanol–water partition coefficient (Wildman–Crippen LogP) is 1.79. The number of nitrogens with zero attached hydrogens (tertiary/aromatic N) is 2. The van der Waals surface area contributed by atoms with E-state index in [4.69, 9.17) is 14.2 Å². The number of amides is 2. The molecule has 10 nitrogen and oxygen atoms in total. The van der Waals surface area contributed by atoms with Crippen LogP contribution in [0.3, 0.4) is 0 Å². The molecule has 3 aromatic rings. The molecule has 176 valence electrons. The molecule has 4 heterocycles. The molecule has 0 saturated carbocycles. The molecule has 1 saturated heterocycles. The molecule has 3 N–H and O–H groups in total. The minimum absolute atomic E-state index is 0.205. The van der Waals surface area contributed by atoms with Crippen molar-refractivity contribution in [1.82, 2.24) is 20.6 Å². The van der Waals surface area contributed by atoms with E-state index in [-0.39, 0.29) is 17.9 Å². The number of rotatable bonds is 6. The van der Waals surface area contributed by atoms with Crippen LogP contribution in [0.4, 0.5) is 5.69 Å². The topological polar surface area (TPSA) is 124 Å². The summed E-state index contributed by atoms with van der Waals surface area (Å²) in [6.45, 7) is 1.57. The lowest BCUT2D eigenvalue weighted by Crippen LogP contribution is -2.55. The maximum atomic E-state index is 12.9. The highest BCUT2D eigenvalue weighted by Gasteiger charge is 2.31. The number of ether oxygens (including phenoxy) is 3. The summed E-state index contributed by atoms with van der Waals surface area (Å²) in [6, 6.07) is 9.88. The number of fused-ring (bicyclic) bond motifs is 2. The summed E-state index contributed by atoms with van der Waals surface area (Å²) < 4.78 is 16.3. The van der Waals surface area contributed by atoms with Crippen molar-refractivity contribution in [2.45, 2.75) is 31.5 Å². The molecule has 1 fully saturated rings. The van der Waals surface area contributed by atoms with E-state index in [2.05, 4.69) is 25.9 Å². The summed E-state index contributed by atoms with van der Waals surface area (Å²) in [6.07, 6.45) is 2.65. The largest absolute Gasteiger partial charge is 0.486 e. The third kappa shape index (κ3) is 4.58. The molecule has 1 aromatic carbocycles. The molecular weight excluding hydrogens is 438 g/mol. The number of pyridine rings is 2. The molecule has 10 heteroatoms. The second-order valence-electron chi connectivity index (χ2n) is 8.12. The van der Waals surface area contributed by atoms with E-state index in [9.17, 15) is 9.59 Å². The molecule has 0 radical (unpaired) electrons. The van der Waals surface area contributed by atoms with Gasteiger partial charge in [0.1, 0.15) is 24.8 Å². The molecule has 0 bridgehead atoms. The van der Waals surface area contributed by atoms with E-state index in [1.165, 1.54) is 7.11 Å². The zero-order valence-electron chi connectivity index (χ0n) is 18.7. The number of carbonyl (C=O) groups is 2. The normalized spacial score (nSPS) is 19.4. The molecule has 2 amide bonds. The number of benzene rings is 1. The van der Waals surface area contributed by atoms with Crippen LogP contribution in [0, 0.1) is 0 Å². The van der Waals surface area contributed by atoms with Crippen molar-refractivity contribution in [3.8, 4) is 17.4 Å². The number of anilines is 1. The molecule has 2 atom stereocenters. The molecule has 2 aliphatic rings. The average molecular weight is 463 g/mol. The summed E-state index contributed by atoms with van der Waals surface area (Å²) in [7, 11) is 1.53. The number of nitrogens with one attached hydrogen (secondary N) is 3. The summed E-state index contributed by atoms with van der Waals surface area (Å²) in [4.78, 5) is 34.2. The Morgan fingerprint density at radius 1 is 1.15 bits per heavy atom. The van der Waals surface area contributed by atoms with Gasteiger partial charge in [-0.25, -0.2) is 4.98 Å². The Morgan fingerprint density at radius 3 is 2.82 bits per heavy atom. The lowest BCUT2D eigenvalue weighted by atomic mass is 9.99. The van der Waals surface area contributed by atoms with Crippen molar-refractivity contribution < 1.29 is 23.8 Å². The zero-order valence-corrected chi connectivity index (χ0v) is 18.7. The Morgan fingerprint density at radius 2 is 2.00 bits per heavy atom. The fourth-order valence-electron chi connectivity index (χ4n) is 4.08. The van der Waals surface area contributed by atoms with Gasteiger partial charge in [-0.05, 0) is 42.7 Å². The lowest BCUT2D eigenvalue weighted by Gasteiger charge is -2.29. The molecule has 2 aliphatic heterocycles. The Hall–Kier alpha value is -3.92. The van der Waals surface area contributed by atoms with Gasteiger partial charge in [-0.1, -0.05) is 6.07 Å². The van der Waals surface area contributed by atoms with Gasteiger partial charge < -0.3 is 30.2 Å². The van der Waals surface area contributed by atoms with Gasteiger partial charge in [0.15, 0.2) is 11.5 Å². The molecule has 2 aromatic heterocycles. The van der Waals surface area contributed by atoms with Crippen molar-refractivity contribution in [2.24, 2.45) is 0 Å². The minimum Gasteiger partial charge on any atom is -0.486 e. The summed E-state index contributed by atoms with van der Waals surface area (Å²) in [5.74, 6) is 1.37. The van der Waals surface area contributed by atoms with Gasteiger partial charge in [0, 0.05) is 18.8 Å². The zero-order chi connectivity index (χ0) is 23.5. The Kier molecular flexibility index (Phi) is 6.13. The average Bonchev–Trinajstić information content (AvgIpc) is 2.87. The van der Waals surface area contributed by atoms with Gasteiger partial charge >= 0.3 is 0 Å². The first-order valence-corrected chi connectivity index (χ1v) is 11.1. The van der Waals surface area contributed by atoms with Gasteiger partial charge in [0.25, 0.3) is 0 Å². The Balaban J connectivity index is 1.18. The first kappa shape index (κ1) is 21.9. The third-order valence-electron chi connectivity index (χ3n) is 5.88. The second kappa shape index (κ2) is 9.52. The van der Waals surface area contributed by atoms with Crippen LogP contribution in [-0.2, 0) is 16.1 Å². The van der Waals surface area contributed by atoms with Crippen molar-refractivity contribution in [2.75, 3.05) is 25.6 Å². The molecule has 0 aliphatic carbocycles. The molecule has 34 heavy (non-hydrogen) atoms. The fraction of sp³-hybridized carbons (Fsp3) is 0.333. The predicted molar refractivity (Wildman–Crippen MR) is 124 cm³/mol. The fourth-order valence-corrected chi connectivity index (χ4v) is 4.08. The number of carbonyl (C=O) groups excluding carboxylic acids is 2. The van der Waals surface area contributed by atoms with Crippen molar-refractivity contribution in [3.63, 3.8) is 0 Å². The smallest absolute Gasteiger partial charge is 0.247 e. The minimum atomic E-state index is -0.631. The van der Waals surface area contributed by atoms with E-state index in [1.54, 1.807) is 24.4 Å². The number of hydrogen-bond donors (Lipinski definition) is 3. The van der Waals surface area contributed by atoms with Crippen LogP contribution < -0.4 is 30.2 Å². The van der Waals surface area contributed by atoms with E-state index in [1.807, 2.05) is 18.2 Å². The highest BCUT2D eigenvalue weighted by atomic mass is 16.6. The van der Waals surface area contributed by atoms with Gasteiger partial charge in [0.2, 0.25) is 17.7 Å². The molecule has 0 spiro atoms. The first-order valence-electron chi connectivity index (χ1n) is 11.1. The van der Waals surface area contributed by atoms with Crippen molar-refractivity contribution in [1.29, 1.82) is 0 Å². The number of piperidine rings is 1. The van der Waals surface area contributed by atoms with Crippen LogP contribution in [0.15, 0.2) is 42.6 Å². The first-order chi connectivity index (χ1) is 16.6. The second-order valence-corrected chi connectivity index (χ2v) is 8.12. The highest BCUT2D eigenvalue weighted by molar-refractivity contribution is 6.03. The number of aromatic nitrogens is 2. The van der Waals surface area contributed by atoms with Crippen LogP contribution >= 0.6 is 0 Å². The van der Waals surface area contributed by atoms with Crippen LogP contribution in [0.5, 0.6) is 17.4 Å². The van der Waals surface area contributed by atoms with Crippen LogP contribution in [-0.4, -0.2) is 54.2 Å². The van der Waals surface area contributed by atoms with Gasteiger partial charge in [-0.15, -0.1) is 0 Å². The van der Waals surface area contributed by atoms with Gasteiger partial charge in [-0.3, -0.25) is 14.6 Å². The molecule has 5 rings (SSSR count). The summed E-state index contributed by atoms with van der Waals surface area (Å²) in [5.41, 5.74) is 2.66. The number of methoxy groups -OCH3 is 1. The van der Waals surface area contributed by atoms with E-state index in [0.29, 0.717) is 61.0 Å². The van der Waals surface area contributed by atoms with E-state index in [0.717, 1.165) is 11.3 Å². The van der Waals surface area contributed by atoms with Gasteiger partial charge in [-0.2, -0.15) is 0 Å². The molecule has 2 unspecified atom stereocenters. The standard InChI is InChI=1S/C24H25N5O5/c1-32-21-7-5-15-22(29-21)16(8-9-25-15)27-24(31)18-4-3-17(23(30)28-18)26-13-14-2-6-19-20(12-14)34-11-10-33-19/h2,5-9,12,17-18,26H,3-4,10-11,13H2,1H3,(H,28,30)(H,25,27,31).